The minimum Gasteiger partial charge on any atom is -0.387 e. The van der Waals surface area contributed by atoms with Crippen molar-refractivity contribution < 1.29 is 30.3 Å². The van der Waals surface area contributed by atoms with Gasteiger partial charge in [-0.05, 0) is 6.42 Å². The van der Waals surface area contributed by atoms with Crippen LogP contribution in [-0.4, -0.2) is 68.8 Å². The second-order valence-corrected chi connectivity index (χ2v) is 4.14. The molecule has 1 rings (SSSR count). The summed E-state index contributed by atoms with van der Waals surface area (Å²) in [4.78, 5) is 0. The van der Waals surface area contributed by atoms with Crippen LogP contribution in [0.3, 0.4) is 0 Å². The minimum atomic E-state index is -1.56. The summed E-state index contributed by atoms with van der Waals surface area (Å²) < 4.78 is 5.21. The zero-order valence-electron chi connectivity index (χ0n) is 9.23. The molecule has 0 aromatic carbocycles. The van der Waals surface area contributed by atoms with Crippen molar-refractivity contribution in [2.75, 3.05) is 6.61 Å². The third kappa shape index (κ3) is 2.71. The predicted molar refractivity (Wildman–Crippen MR) is 54.7 cm³/mol. The van der Waals surface area contributed by atoms with Gasteiger partial charge in [-0.15, -0.1) is 0 Å². The Labute approximate surface area is 94.1 Å². The van der Waals surface area contributed by atoms with Crippen LogP contribution < -0.4 is 0 Å². The fraction of sp³-hybridized carbons (Fsp3) is 1.00. The normalized spacial score (nSPS) is 44.6. The van der Waals surface area contributed by atoms with Crippen molar-refractivity contribution in [2.24, 2.45) is 0 Å². The van der Waals surface area contributed by atoms with Crippen LogP contribution >= 0.6 is 0 Å². The number of aliphatic hydroxyl groups is 5. The highest BCUT2D eigenvalue weighted by Gasteiger charge is 2.48. The predicted octanol–water partition coefficient (Wildman–Crippen LogP) is -2.01. The van der Waals surface area contributed by atoms with E-state index in [1.54, 1.807) is 0 Å². The fourth-order valence-corrected chi connectivity index (χ4v) is 1.76. The number of hydrogen-bond donors (Lipinski definition) is 5. The van der Waals surface area contributed by atoms with Gasteiger partial charge < -0.3 is 30.3 Å². The molecule has 96 valence electrons. The maximum Gasteiger partial charge on any atom is 0.114 e. The number of hydrogen-bond acceptors (Lipinski definition) is 6. The molecule has 0 radical (unpaired) electrons. The van der Waals surface area contributed by atoms with E-state index in [-0.39, 0.29) is 0 Å². The van der Waals surface area contributed by atoms with Crippen LogP contribution in [0.5, 0.6) is 0 Å². The van der Waals surface area contributed by atoms with Crippen molar-refractivity contribution in [3.05, 3.63) is 0 Å². The summed E-state index contributed by atoms with van der Waals surface area (Å²) in [6.45, 7) is 2.29. The Morgan fingerprint density at radius 3 is 1.69 bits per heavy atom. The lowest BCUT2D eigenvalue weighted by Crippen LogP contribution is -2.64. The molecule has 1 fully saturated rings. The van der Waals surface area contributed by atoms with Crippen LogP contribution in [0.15, 0.2) is 0 Å². The van der Waals surface area contributed by atoms with E-state index in [1.807, 2.05) is 6.92 Å². The summed E-state index contributed by atoms with van der Waals surface area (Å²) in [5, 5.41) is 47.3. The number of ether oxygens (including phenoxy) is 1. The third-order valence-electron chi connectivity index (χ3n) is 2.88. The van der Waals surface area contributed by atoms with Gasteiger partial charge in [-0.2, -0.15) is 0 Å². The number of unbranched alkanes of at least 4 members (excludes halogenated alkanes) is 1. The molecule has 0 heterocycles. The minimum absolute atomic E-state index is 0.324. The lowest BCUT2D eigenvalue weighted by Gasteiger charge is -2.41. The summed E-state index contributed by atoms with van der Waals surface area (Å²) in [5.41, 5.74) is 0. The SMILES string of the molecule is CCCCOC1[C@H](O)[C@H](O)C(O)[C@H](O)[C@H]1O. The average molecular weight is 236 g/mol. The molecule has 1 aliphatic rings. The Hall–Kier alpha value is -0.240. The van der Waals surface area contributed by atoms with Crippen LogP contribution in [0.1, 0.15) is 19.8 Å². The van der Waals surface area contributed by atoms with E-state index in [0.29, 0.717) is 6.61 Å². The first kappa shape index (κ1) is 13.8. The molecule has 0 aromatic heterocycles. The second-order valence-electron chi connectivity index (χ2n) is 4.14. The second kappa shape index (κ2) is 5.90. The van der Waals surface area contributed by atoms with Crippen LogP contribution in [-0.2, 0) is 4.74 Å². The van der Waals surface area contributed by atoms with Gasteiger partial charge >= 0.3 is 0 Å². The first-order valence-electron chi connectivity index (χ1n) is 5.52. The lowest BCUT2D eigenvalue weighted by atomic mass is 9.85. The molecule has 16 heavy (non-hydrogen) atoms. The maximum atomic E-state index is 9.59. The van der Waals surface area contributed by atoms with Gasteiger partial charge in [-0.25, -0.2) is 0 Å². The summed E-state index contributed by atoms with van der Waals surface area (Å²) in [6, 6.07) is 0. The van der Waals surface area contributed by atoms with Gasteiger partial charge in [0.2, 0.25) is 0 Å². The molecule has 2 unspecified atom stereocenters. The van der Waals surface area contributed by atoms with Gasteiger partial charge in [-0.3, -0.25) is 0 Å². The molecule has 0 bridgehead atoms. The maximum absolute atomic E-state index is 9.59. The Kier molecular flexibility index (Phi) is 5.10. The molecule has 0 aromatic rings. The van der Waals surface area contributed by atoms with Crippen molar-refractivity contribution >= 4 is 0 Å². The van der Waals surface area contributed by atoms with Gasteiger partial charge in [0.25, 0.3) is 0 Å². The zero-order valence-corrected chi connectivity index (χ0v) is 9.23. The number of rotatable bonds is 4. The summed E-state index contributed by atoms with van der Waals surface area (Å²) in [5.74, 6) is 0. The van der Waals surface area contributed by atoms with Crippen LogP contribution in [0, 0.1) is 0 Å². The van der Waals surface area contributed by atoms with Crippen LogP contribution in [0.4, 0.5) is 0 Å². The molecule has 1 aliphatic carbocycles. The Morgan fingerprint density at radius 1 is 0.812 bits per heavy atom. The van der Waals surface area contributed by atoms with E-state index in [0.717, 1.165) is 12.8 Å². The van der Waals surface area contributed by atoms with Crippen LogP contribution in [0.25, 0.3) is 0 Å². The average Bonchev–Trinajstić information content (AvgIpc) is 2.28. The Morgan fingerprint density at radius 2 is 1.25 bits per heavy atom. The Balaban J connectivity index is 2.60. The highest BCUT2D eigenvalue weighted by atomic mass is 16.5. The first-order chi connectivity index (χ1) is 7.50. The third-order valence-corrected chi connectivity index (χ3v) is 2.88. The van der Waals surface area contributed by atoms with E-state index in [9.17, 15) is 25.5 Å². The molecule has 6 heteroatoms. The van der Waals surface area contributed by atoms with Crippen molar-refractivity contribution in [1.82, 2.24) is 0 Å². The van der Waals surface area contributed by atoms with Gasteiger partial charge in [0, 0.05) is 6.61 Å². The summed E-state index contributed by atoms with van der Waals surface area (Å²) in [7, 11) is 0. The standard InChI is InChI=1S/C10H20O6/c1-2-3-4-16-10-8(14)6(12)5(11)7(13)9(10)15/h5-15H,2-4H2,1H3/t5?,6-,7+,8-,9-,10?/m1/s1. The van der Waals surface area contributed by atoms with Gasteiger partial charge in [0.05, 0.1) is 0 Å². The number of aliphatic hydroxyl groups excluding tert-OH is 5. The summed E-state index contributed by atoms with van der Waals surface area (Å²) in [6.07, 6.45) is -6.79. The van der Waals surface area contributed by atoms with Crippen molar-refractivity contribution in [2.45, 2.75) is 56.4 Å². The molecule has 6 nitrogen and oxygen atoms in total. The monoisotopic (exact) mass is 236 g/mol. The van der Waals surface area contributed by atoms with E-state index in [2.05, 4.69) is 0 Å². The van der Waals surface area contributed by atoms with E-state index in [4.69, 9.17) is 4.74 Å². The van der Waals surface area contributed by atoms with Gasteiger partial charge in [0.1, 0.15) is 36.6 Å². The molecular formula is C10H20O6. The largest absolute Gasteiger partial charge is 0.387 e. The molecular weight excluding hydrogens is 216 g/mol. The van der Waals surface area contributed by atoms with Crippen molar-refractivity contribution in [1.29, 1.82) is 0 Å². The highest BCUT2D eigenvalue weighted by molar-refractivity contribution is 4.99. The van der Waals surface area contributed by atoms with E-state index < -0.39 is 36.6 Å². The quantitative estimate of drug-likeness (QED) is 0.361. The molecule has 0 aliphatic heterocycles. The van der Waals surface area contributed by atoms with E-state index >= 15 is 0 Å². The Bertz CT molecular complexity index is 195. The van der Waals surface area contributed by atoms with Crippen molar-refractivity contribution in [3.63, 3.8) is 0 Å². The zero-order chi connectivity index (χ0) is 12.3. The lowest BCUT2D eigenvalue weighted by molar-refractivity contribution is -0.235. The molecule has 0 amide bonds. The fourth-order valence-electron chi connectivity index (χ4n) is 1.76. The molecule has 6 atom stereocenters. The van der Waals surface area contributed by atoms with E-state index in [1.165, 1.54) is 0 Å². The topological polar surface area (TPSA) is 110 Å². The van der Waals surface area contributed by atoms with Crippen molar-refractivity contribution in [3.8, 4) is 0 Å². The smallest absolute Gasteiger partial charge is 0.114 e. The van der Waals surface area contributed by atoms with Gasteiger partial charge in [0.15, 0.2) is 0 Å². The first-order valence-corrected chi connectivity index (χ1v) is 5.52. The highest BCUT2D eigenvalue weighted by Crippen LogP contribution is 2.23. The van der Waals surface area contributed by atoms with Gasteiger partial charge in [-0.1, -0.05) is 13.3 Å². The molecule has 1 saturated carbocycles. The van der Waals surface area contributed by atoms with Crippen LogP contribution in [0.2, 0.25) is 0 Å². The molecule has 0 saturated heterocycles. The molecule has 0 spiro atoms. The molecule has 5 N–H and O–H groups in total. The summed E-state index contributed by atoms with van der Waals surface area (Å²) >= 11 is 0.